The van der Waals surface area contributed by atoms with Gasteiger partial charge < -0.3 is 20.1 Å². The van der Waals surface area contributed by atoms with E-state index in [9.17, 15) is 4.79 Å². The van der Waals surface area contributed by atoms with E-state index in [-0.39, 0.29) is 12.5 Å². The molecule has 144 valence electrons. The van der Waals surface area contributed by atoms with Crippen LogP contribution >= 0.6 is 15.9 Å². The monoisotopic (exact) mass is 432 g/mol. The van der Waals surface area contributed by atoms with Crippen molar-refractivity contribution >= 4 is 27.5 Å². The summed E-state index contributed by atoms with van der Waals surface area (Å²) in [6.45, 7) is 4.31. The highest BCUT2D eigenvalue weighted by Gasteiger charge is 2.15. The van der Waals surface area contributed by atoms with Gasteiger partial charge >= 0.3 is 0 Å². The van der Waals surface area contributed by atoms with Gasteiger partial charge in [-0.1, -0.05) is 33.6 Å². The van der Waals surface area contributed by atoms with Gasteiger partial charge in [-0.25, -0.2) is 0 Å². The van der Waals surface area contributed by atoms with Crippen LogP contribution in [0.15, 0.2) is 46.9 Å². The van der Waals surface area contributed by atoms with Crippen molar-refractivity contribution in [2.24, 2.45) is 0 Å². The molecule has 0 radical (unpaired) electrons. The van der Waals surface area contributed by atoms with Crippen LogP contribution in [-0.4, -0.2) is 31.8 Å². The van der Waals surface area contributed by atoms with Crippen LogP contribution in [0.2, 0.25) is 0 Å². The second-order valence-corrected chi connectivity index (χ2v) is 7.64. The molecule has 1 saturated heterocycles. The van der Waals surface area contributed by atoms with Crippen molar-refractivity contribution in [1.29, 1.82) is 0 Å². The first-order valence-electron chi connectivity index (χ1n) is 9.20. The number of carbonyl (C=O) groups excluding carboxylic acids is 1. The van der Waals surface area contributed by atoms with Gasteiger partial charge in [-0.15, -0.1) is 0 Å². The molecule has 0 unspecified atom stereocenters. The molecule has 1 amide bonds. The normalized spacial score (nSPS) is 16.3. The Morgan fingerprint density at radius 3 is 2.81 bits per heavy atom. The van der Waals surface area contributed by atoms with E-state index in [1.165, 1.54) is 0 Å². The predicted octanol–water partition coefficient (Wildman–Crippen LogP) is 4.04. The number of rotatable bonds is 8. The number of carbonyl (C=O) groups is 1. The fourth-order valence-electron chi connectivity index (χ4n) is 2.98. The second-order valence-electron chi connectivity index (χ2n) is 6.72. The largest absolute Gasteiger partial charge is 0.483 e. The topological polar surface area (TPSA) is 59.6 Å². The van der Waals surface area contributed by atoms with Gasteiger partial charge in [-0.2, -0.15) is 0 Å². The zero-order valence-electron chi connectivity index (χ0n) is 15.5. The minimum absolute atomic E-state index is 0.0335. The maximum atomic E-state index is 12.2. The fraction of sp³-hybridized carbons (Fsp3) is 0.381. The Kier molecular flexibility index (Phi) is 7.26. The summed E-state index contributed by atoms with van der Waals surface area (Å²) >= 11 is 3.50. The first-order chi connectivity index (χ1) is 13.1. The van der Waals surface area contributed by atoms with Crippen LogP contribution in [0.5, 0.6) is 5.75 Å². The third-order valence-corrected chi connectivity index (χ3v) is 4.92. The van der Waals surface area contributed by atoms with E-state index in [0.717, 1.165) is 47.3 Å². The summed E-state index contributed by atoms with van der Waals surface area (Å²) in [5, 5.41) is 6.26. The molecular weight excluding hydrogens is 408 g/mol. The van der Waals surface area contributed by atoms with Gasteiger partial charge in [0.05, 0.1) is 6.10 Å². The van der Waals surface area contributed by atoms with Gasteiger partial charge in [-0.3, -0.25) is 4.79 Å². The molecule has 0 aromatic heterocycles. The average Bonchev–Trinajstić information content (AvgIpc) is 3.16. The van der Waals surface area contributed by atoms with Crippen molar-refractivity contribution in [3.05, 3.63) is 58.1 Å². The average molecular weight is 433 g/mol. The molecule has 1 aliphatic heterocycles. The highest BCUT2D eigenvalue weighted by Crippen LogP contribution is 2.23. The van der Waals surface area contributed by atoms with E-state index in [1.807, 2.05) is 49.4 Å². The summed E-state index contributed by atoms with van der Waals surface area (Å²) in [4.78, 5) is 12.2. The summed E-state index contributed by atoms with van der Waals surface area (Å²) in [6.07, 6.45) is 2.53. The highest BCUT2D eigenvalue weighted by atomic mass is 79.9. The van der Waals surface area contributed by atoms with Crippen molar-refractivity contribution < 1.29 is 14.3 Å². The molecule has 3 rings (SSSR count). The minimum atomic E-state index is -0.181. The van der Waals surface area contributed by atoms with E-state index in [1.54, 1.807) is 0 Å². The maximum absolute atomic E-state index is 12.2. The molecule has 2 aromatic rings. The van der Waals surface area contributed by atoms with E-state index >= 15 is 0 Å². The number of hydrogen-bond donors (Lipinski definition) is 2. The van der Waals surface area contributed by atoms with Crippen molar-refractivity contribution in [3.63, 3.8) is 0 Å². The van der Waals surface area contributed by atoms with Gasteiger partial charge in [0.1, 0.15) is 5.75 Å². The van der Waals surface area contributed by atoms with Crippen molar-refractivity contribution in [3.8, 4) is 5.75 Å². The molecule has 0 bridgehead atoms. The number of aryl methyl sites for hydroxylation is 1. The van der Waals surface area contributed by atoms with Crippen LogP contribution in [0.25, 0.3) is 0 Å². The second kappa shape index (κ2) is 9.88. The SMILES string of the molecule is Cc1ccc(NC(=O)COc2ccc(Br)cc2CNC[C@H]2CCCO2)cc1. The van der Waals surface area contributed by atoms with Crippen LogP contribution < -0.4 is 15.4 Å². The Morgan fingerprint density at radius 2 is 2.07 bits per heavy atom. The molecule has 1 fully saturated rings. The zero-order valence-corrected chi connectivity index (χ0v) is 17.1. The van der Waals surface area contributed by atoms with Crippen molar-refractivity contribution in [2.75, 3.05) is 25.1 Å². The molecule has 0 aliphatic carbocycles. The number of amides is 1. The van der Waals surface area contributed by atoms with Gasteiger partial charge in [0.2, 0.25) is 0 Å². The quantitative estimate of drug-likeness (QED) is 0.660. The minimum Gasteiger partial charge on any atom is -0.483 e. The lowest BCUT2D eigenvalue weighted by Gasteiger charge is -2.15. The maximum Gasteiger partial charge on any atom is 0.262 e. The third kappa shape index (κ3) is 6.34. The molecule has 0 saturated carbocycles. The number of ether oxygens (including phenoxy) is 2. The van der Waals surface area contributed by atoms with Crippen molar-refractivity contribution in [2.45, 2.75) is 32.4 Å². The first-order valence-corrected chi connectivity index (χ1v) is 9.99. The Balaban J connectivity index is 1.52. The Bertz CT molecular complexity index is 759. The summed E-state index contributed by atoms with van der Waals surface area (Å²) in [6, 6.07) is 13.5. The van der Waals surface area contributed by atoms with Crippen LogP contribution in [0.1, 0.15) is 24.0 Å². The van der Waals surface area contributed by atoms with E-state index in [2.05, 4.69) is 26.6 Å². The molecule has 6 heteroatoms. The summed E-state index contributed by atoms with van der Waals surface area (Å²) in [5.41, 5.74) is 2.92. The molecule has 1 aliphatic rings. The lowest BCUT2D eigenvalue weighted by molar-refractivity contribution is -0.118. The number of nitrogens with one attached hydrogen (secondary N) is 2. The molecule has 1 heterocycles. The molecule has 5 nitrogen and oxygen atoms in total. The third-order valence-electron chi connectivity index (χ3n) is 4.43. The molecule has 27 heavy (non-hydrogen) atoms. The Labute approximate surface area is 168 Å². The Morgan fingerprint density at radius 1 is 1.26 bits per heavy atom. The number of hydrogen-bond acceptors (Lipinski definition) is 4. The predicted molar refractivity (Wildman–Crippen MR) is 110 cm³/mol. The van der Waals surface area contributed by atoms with E-state index < -0.39 is 0 Å². The smallest absolute Gasteiger partial charge is 0.262 e. The van der Waals surface area contributed by atoms with Crippen LogP contribution in [0, 0.1) is 6.92 Å². The Hall–Kier alpha value is -1.89. The number of benzene rings is 2. The number of halogens is 1. The summed E-state index contributed by atoms with van der Waals surface area (Å²) in [7, 11) is 0. The molecular formula is C21H25BrN2O3. The standard InChI is InChI=1S/C21H25BrN2O3/c1-15-4-7-18(8-5-15)24-21(25)14-27-20-9-6-17(22)11-16(20)12-23-13-19-3-2-10-26-19/h4-9,11,19,23H,2-3,10,12-14H2,1H3,(H,24,25)/t19-/m1/s1. The summed E-state index contributed by atoms with van der Waals surface area (Å²) in [5.74, 6) is 0.525. The van der Waals surface area contributed by atoms with E-state index in [4.69, 9.17) is 9.47 Å². The molecule has 0 spiro atoms. The lowest BCUT2D eigenvalue weighted by atomic mass is 10.2. The fourth-order valence-corrected chi connectivity index (χ4v) is 3.39. The van der Waals surface area contributed by atoms with Gasteiger partial charge in [0.15, 0.2) is 6.61 Å². The molecule has 1 atom stereocenters. The van der Waals surface area contributed by atoms with Gasteiger partial charge in [0.25, 0.3) is 5.91 Å². The summed E-state index contributed by atoms with van der Waals surface area (Å²) < 4.78 is 12.4. The van der Waals surface area contributed by atoms with Crippen LogP contribution in [0.4, 0.5) is 5.69 Å². The molecule has 2 N–H and O–H groups in total. The zero-order chi connectivity index (χ0) is 19.1. The van der Waals surface area contributed by atoms with Gasteiger partial charge in [0, 0.05) is 35.4 Å². The van der Waals surface area contributed by atoms with Crippen molar-refractivity contribution in [1.82, 2.24) is 5.32 Å². The highest BCUT2D eigenvalue weighted by molar-refractivity contribution is 9.10. The van der Waals surface area contributed by atoms with Crippen LogP contribution in [0.3, 0.4) is 0 Å². The van der Waals surface area contributed by atoms with Gasteiger partial charge in [-0.05, 0) is 50.1 Å². The first kappa shape index (κ1) is 19.9. The lowest BCUT2D eigenvalue weighted by Crippen LogP contribution is -2.26. The number of anilines is 1. The molecule has 2 aromatic carbocycles. The van der Waals surface area contributed by atoms with Crippen LogP contribution in [-0.2, 0) is 16.1 Å². The van der Waals surface area contributed by atoms with E-state index in [0.29, 0.717) is 18.4 Å².